The fraction of sp³-hybridized carbons (Fsp3) is 0.444. The van der Waals surface area contributed by atoms with Crippen molar-refractivity contribution in [3.63, 3.8) is 0 Å². The zero-order chi connectivity index (χ0) is 14.6. The van der Waals surface area contributed by atoms with Gasteiger partial charge in [0.25, 0.3) is 11.9 Å². The summed E-state index contributed by atoms with van der Waals surface area (Å²) in [7, 11) is -3.45. The van der Waals surface area contributed by atoms with E-state index in [9.17, 15) is 26.0 Å². The van der Waals surface area contributed by atoms with Crippen LogP contribution in [0.1, 0.15) is 6.92 Å². The lowest BCUT2D eigenvalue weighted by atomic mass is 10.3. The summed E-state index contributed by atoms with van der Waals surface area (Å²) in [6, 6.07) is 0. The van der Waals surface area contributed by atoms with Crippen molar-refractivity contribution in [3.05, 3.63) is 23.5 Å². The molecule has 0 aromatic carbocycles. The molecule has 10 heteroatoms. The highest BCUT2D eigenvalue weighted by atomic mass is 32.2. The van der Waals surface area contributed by atoms with Crippen molar-refractivity contribution in [1.82, 2.24) is 9.71 Å². The molecule has 2 N–H and O–H groups in total. The zero-order valence-electron chi connectivity index (χ0n) is 9.81. The van der Waals surface area contributed by atoms with Crippen molar-refractivity contribution < 1.29 is 26.0 Å². The Morgan fingerprint density at radius 1 is 1.05 bits per heavy atom. The molecule has 1 aromatic heterocycles. The molecule has 0 saturated heterocycles. The van der Waals surface area contributed by atoms with Crippen LogP contribution in [-0.4, -0.2) is 32.2 Å². The van der Waals surface area contributed by atoms with Crippen LogP contribution in [0.25, 0.3) is 0 Å². The second-order valence-electron chi connectivity index (χ2n) is 3.42. The van der Waals surface area contributed by atoms with Crippen LogP contribution in [0.2, 0.25) is 0 Å². The standard InChI is InChI=1S/C9H11F4N3O2S/c1-2-19(17,18)15-4-3-14-7-5(10)8(12)16-9(13)6(7)11/h15H,2-4H2,1H3,(H,14,16). The Morgan fingerprint density at radius 2 is 1.58 bits per heavy atom. The van der Waals surface area contributed by atoms with Gasteiger partial charge in [-0.15, -0.1) is 0 Å². The number of anilines is 1. The quantitative estimate of drug-likeness (QED) is 0.467. The number of rotatable bonds is 6. The molecule has 0 bridgehead atoms. The number of hydrogen-bond acceptors (Lipinski definition) is 4. The van der Waals surface area contributed by atoms with E-state index in [1.165, 1.54) is 6.92 Å². The van der Waals surface area contributed by atoms with Gasteiger partial charge >= 0.3 is 0 Å². The molecular weight excluding hydrogens is 290 g/mol. The van der Waals surface area contributed by atoms with E-state index in [2.05, 4.69) is 15.0 Å². The fourth-order valence-electron chi connectivity index (χ4n) is 1.14. The molecule has 0 unspecified atom stereocenters. The van der Waals surface area contributed by atoms with Gasteiger partial charge in [0.2, 0.25) is 21.7 Å². The molecule has 0 aliphatic rings. The van der Waals surface area contributed by atoms with Crippen LogP contribution in [0.4, 0.5) is 23.2 Å². The first-order valence-corrected chi connectivity index (χ1v) is 6.85. The van der Waals surface area contributed by atoms with Gasteiger partial charge in [0, 0.05) is 13.1 Å². The Bertz CT molecular complexity index is 539. The van der Waals surface area contributed by atoms with Gasteiger partial charge in [0.15, 0.2) is 0 Å². The van der Waals surface area contributed by atoms with Crippen molar-refractivity contribution in [2.24, 2.45) is 0 Å². The van der Waals surface area contributed by atoms with Gasteiger partial charge in [0.05, 0.1) is 5.75 Å². The van der Waals surface area contributed by atoms with E-state index < -0.39 is 39.2 Å². The van der Waals surface area contributed by atoms with Gasteiger partial charge in [-0.1, -0.05) is 0 Å². The summed E-state index contributed by atoms with van der Waals surface area (Å²) < 4.78 is 75.9. The van der Waals surface area contributed by atoms with Crippen molar-refractivity contribution in [2.45, 2.75) is 6.92 Å². The van der Waals surface area contributed by atoms with Gasteiger partial charge < -0.3 is 5.32 Å². The molecule has 19 heavy (non-hydrogen) atoms. The SMILES string of the molecule is CCS(=O)(=O)NCCNc1c(F)c(F)nc(F)c1F. The number of hydrogen-bond donors (Lipinski definition) is 2. The highest BCUT2D eigenvalue weighted by Crippen LogP contribution is 2.21. The molecule has 0 radical (unpaired) electrons. The number of halogens is 4. The second kappa shape index (κ2) is 6.15. The Balaban J connectivity index is 2.69. The van der Waals surface area contributed by atoms with Crippen LogP contribution < -0.4 is 10.0 Å². The maximum Gasteiger partial charge on any atom is 0.253 e. The third-order valence-corrected chi connectivity index (χ3v) is 3.53. The van der Waals surface area contributed by atoms with E-state index in [1.54, 1.807) is 0 Å². The van der Waals surface area contributed by atoms with Crippen LogP contribution in [0, 0.1) is 23.5 Å². The maximum absolute atomic E-state index is 13.1. The number of pyridine rings is 1. The first-order chi connectivity index (χ1) is 8.78. The number of nitrogens with zero attached hydrogens (tertiary/aromatic N) is 1. The first kappa shape index (κ1) is 15.6. The van der Waals surface area contributed by atoms with Crippen LogP contribution in [0.5, 0.6) is 0 Å². The van der Waals surface area contributed by atoms with E-state index in [0.29, 0.717) is 0 Å². The van der Waals surface area contributed by atoms with Gasteiger partial charge in [-0.05, 0) is 6.92 Å². The van der Waals surface area contributed by atoms with E-state index in [1.807, 2.05) is 0 Å². The Morgan fingerprint density at radius 3 is 2.05 bits per heavy atom. The van der Waals surface area contributed by atoms with Crippen LogP contribution in [0.3, 0.4) is 0 Å². The van der Waals surface area contributed by atoms with Gasteiger partial charge in [-0.25, -0.2) is 13.1 Å². The zero-order valence-corrected chi connectivity index (χ0v) is 10.6. The summed E-state index contributed by atoms with van der Waals surface area (Å²) in [5.74, 6) is -7.06. The van der Waals surface area contributed by atoms with Crippen molar-refractivity contribution in [3.8, 4) is 0 Å². The number of aromatic nitrogens is 1. The van der Waals surface area contributed by atoms with E-state index in [-0.39, 0.29) is 18.8 Å². The van der Waals surface area contributed by atoms with Crippen molar-refractivity contribution >= 4 is 15.7 Å². The summed E-state index contributed by atoms with van der Waals surface area (Å²) in [6.45, 7) is 0.958. The van der Waals surface area contributed by atoms with Crippen molar-refractivity contribution in [2.75, 3.05) is 24.2 Å². The molecule has 0 aliphatic heterocycles. The molecule has 1 heterocycles. The summed E-state index contributed by atoms with van der Waals surface area (Å²) in [6.07, 6.45) is 0. The molecule has 0 aliphatic carbocycles. The molecule has 1 rings (SSSR count). The number of nitrogens with one attached hydrogen (secondary N) is 2. The van der Waals surface area contributed by atoms with E-state index in [0.717, 1.165) is 0 Å². The van der Waals surface area contributed by atoms with Crippen LogP contribution in [0.15, 0.2) is 0 Å². The first-order valence-electron chi connectivity index (χ1n) is 5.19. The Kier molecular flexibility index (Phi) is 5.06. The molecule has 5 nitrogen and oxygen atoms in total. The lowest BCUT2D eigenvalue weighted by molar-refractivity contribution is 0.410. The summed E-state index contributed by atoms with van der Waals surface area (Å²) in [4.78, 5) is 2.38. The predicted octanol–water partition coefficient (Wildman–Crippen LogP) is 0.989. The summed E-state index contributed by atoms with van der Waals surface area (Å²) in [5.41, 5.74) is -1.03. The topological polar surface area (TPSA) is 71.1 Å². The lowest BCUT2D eigenvalue weighted by Crippen LogP contribution is -2.30. The molecule has 0 saturated carbocycles. The molecule has 0 fully saturated rings. The summed E-state index contributed by atoms with van der Waals surface area (Å²) in [5, 5.41) is 2.06. The predicted molar refractivity (Wildman–Crippen MR) is 60.0 cm³/mol. The smallest absolute Gasteiger partial charge is 0.253 e. The van der Waals surface area contributed by atoms with Gasteiger partial charge in [-0.3, -0.25) is 0 Å². The molecule has 108 valence electrons. The Hall–Kier alpha value is -1.42. The molecule has 1 aromatic rings. The fourth-order valence-corrected chi connectivity index (χ4v) is 1.76. The van der Waals surface area contributed by atoms with Crippen LogP contribution >= 0.6 is 0 Å². The Labute approximate surface area is 107 Å². The normalized spacial score (nSPS) is 11.6. The second-order valence-corrected chi connectivity index (χ2v) is 5.52. The average molecular weight is 301 g/mol. The third kappa shape index (κ3) is 4.03. The minimum atomic E-state index is -3.45. The monoisotopic (exact) mass is 301 g/mol. The van der Waals surface area contributed by atoms with Gasteiger partial charge in [-0.2, -0.15) is 22.5 Å². The average Bonchev–Trinajstić information content (AvgIpc) is 2.35. The summed E-state index contributed by atoms with van der Waals surface area (Å²) >= 11 is 0. The third-order valence-electron chi connectivity index (χ3n) is 2.13. The largest absolute Gasteiger partial charge is 0.379 e. The minimum Gasteiger partial charge on any atom is -0.379 e. The molecular formula is C9H11F4N3O2S. The van der Waals surface area contributed by atoms with Gasteiger partial charge in [0.1, 0.15) is 5.69 Å². The number of sulfonamides is 1. The highest BCUT2D eigenvalue weighted by molar-refractivity contribution is 7.89. The molecule has 0 amide bonds. The highest BCUT2D eigenvalue weighted by Gasteiger charge is 2.20. The molecule has 0 spiro atoms. The lowest BCUT2D eigenvalue weighted by Gasteiger charge is -2.09. The van der Waals surface area contributed by atoms with Crippen molar-refractivity contribution in [1.29, 1.82) is 0 Å². The minimum absolute atomic E-state index is 0.158. The van der Waals surface area contributed by atoms with E-state index in [4.69, 9.17) is 0 Å². The maximum atomic E-state index is 13.1. The van der Waals surface area contributed by atoms with E-state index >= 15 is 0 Å². The van der Waals surface area contributed by atoms with Crippen LogP contribution in [-0.2, 0) is 10.0 Å². The molecule has 0 atom stereocenters.